The number of para-hydroxylation sites is 1. The van der Waals surface area contributed by atoms with Crippen molar-refractivity contribution in [2.24, 2.45) is 0 Å². The van der Waals surface area contributed by atoms with E-state index in [9.17, 15) is 14.9 Å². The number of aryl methyl sites for hydroxylation is 1. The van der Waals surface area contributed by atoms with Gasteiger partial charge in [0, 0.05) is 29.6 Å². The van der Waals surface area contributed by atoms with Crippen LogP contribution in [0.3, 0.4) is 0 Å². The molecular weight excluding hydrogens is 358 g/mol. The zero-order chi connectivity index (χ0) is 19.7. The van der Waals surface area contributed by atoms with Crippen LogP contribution in [0, 0.1) is 10.1 Å². The molecule has 0 saturated heterocycles. The molecule has 140 valence electrons. The number of aromatic nitrogens is 3. The summed E-state index contributed by atoms with van der Waals surface area (Å²) in [5.74, 6) is 0.0381. The quantitative estimate of drug-likeness (QED) is 0.417. The first kappa shape index (κ1) is 17.6. The Morgan fingerprint density at radius 1 is 1.18 bits per heavy atom. The third-order valence-corrected chi connectivity index (χ3v) is 4.43. The van der Waals surface area contributed by atoms with E-state index in [1.54, 1.807) is 4.68 Å². The highest BCUT2D eigenvalue weighted by Gasteiger charge is 2.16. The number of benzene rings is 2. The summed E-state index contributed by atoms with van der Waals surface area (Å²) in [6, 6.07) is 15.2. The van der Waals surface area contributed by atoms with Crippen LogP contribution in [0.4, 0.5) is 11.5 Å². The summed E-state index contributed by atoms with van der Waals surface area (Å²) in [5, 5.41) is 19.8. The van der Waals surface area contributed by atoms with E-state index in [4.69, 9.17) is 4.98 Å². The van der Waals surface area contributed by atoms with Gasteiger partial charge in [-0.3, -0.25) is 14.9 Å². The van der Waals surface area contributed by atoms with Gasteiger partial charge in [-0.25, -0.2) is 9.67 Å². The second kappa shape index (κ2) is 7.07. The lowest BCUT2D eigenvalue weighted by atomic mass is 10.1. The number of carbonyl (C=O) groups excluding carboxylic acids is 1. The highest BCUT2D eigenvalue weighted by atomic mass is 16.6. The molecule has 0 radical (unpaired) electrons. The molecule has 0 saturated carbocycles. The number of nitro groups is 1. The number of amides is 1. The molecule has 0 unspecified atom stereocenters. The zero-order valence-electron chi connectivity index (χ0n) is 15.1. The summed E-state index contributed by atoms with van der Waals surface area (Å²) < 4.78 is 1.78. The van der Waals surface area contributed by atoms with E-state index in [0.29, 0.717) is 23.6 Å². The van der Waals surface area contributed by atoms with Crippen LogP contribution in [0.1, 0.15) is 23.7 Å². The molecule has 28 heavy (non-hydrogen) atoms. The number of anilines is 1. The van der Waals surface area contributed by atoms with E-state index in [1.807, 2.05) is 37.3 Å². The number of nitrogens with one attached hydrogen (secondary N) is 1. The van der Waals surface area contributed by atoms with Gasteiger partial charge in [-0.05, 0) is 30.7 Å². The van der Waals surface area contributed by atoms with Crippen molar-refractivity contribution < 1.29 is 9.72 Å². The SMILES string of the molecule is CCCn1nc(NC(=O)c2ccc([N+](=O)[O-])cc2)c2cc3ccccc3nc21. The van der Waals surface area contributed by atoms with E-state index in [1.165, 1.54) is 24.3 Å². The van der Waals surface area contributed by atoms with Crippen molar-refractivity contribution in [2.75, 3.05) is 5.32 Å². The molecule has 0 aliphatic carbocycles. The van der Waals surface area contributed by atoms with Gasteiger partial charge in [0.15, 0.2) is 11.5 Å². The Morgan fingerprint density at radius 2 is 1.93 bits per heavy atom. The average molecular weight is 375 g/mol. The van der Waals surface area contributed by atoms with Gasteiger partial charge in [-0.2, -0.15) is 5.10 Å². The van der Waals surface area contributed by atoms with Gasteiger partial charge in [0.25, 0.3) is 11.6 Å². The highest BCUT2D eigenvalue weighted by Crippen LogP contribution is 2.26. The topological polar surface area (TPSA) is 103 Å². The Kier molecular flexibility index (Phi) is 4.44. The molecule has 0 aliphatic heterocycles. The number of hydrogen-bond acceptors (Lipinski definition) is 5. The summed E-state index contributed by atoms with van der Waals surface area (Å²) in [5.41, 5.74) is 1.82. The van der Waals surface area contributed by atoms with Crippen molar-refractivity contribution in [2.45, 2.75) is 19.9 Å². The van der Waals surface area contributed by atoms with Gasteiger partial charge in [-0.15, -0.1) is 0 Å². The zero-order valence-corrected chi connectivity index (χ0v) is 15.1. The Bertz CT molecular complexity index is 1200. The number of hydrogen-bond donors (Lipinski definition) is 1. The van der Waals surface area contributed by atoms with Crippen LogP contribution in [-0.4, -0.2) is 25.6 Å². The second-order valence-corrected chi connectivity index (χ2v) is 6.38. The molecule has 8 heteroatoms. The van der Waals surface area contributed by atoms with Crippen molar-refractivity contribution >= 4 is 39.3 Å². The number of non-ortho nitro benzene ring substituents is 1. The van der Waals surface area contributed by atoms with Gasteiger partial charge >= 0.3 is 0 Å². The first-order valence-corrected chi connectivity index (χ1v) is 8.89. The van der Waals surface area contributed by atoms with Crippen molar-refractivity contribution in [1.29, 1.82) is 0 Å². The van der Waals surface area contributed by atoms with E-state index in [2.05, 4.69) is 10.4 Å². The lowest BCUT2D eigenvalue weighted by Gasteiger charge is -2.03. The molecule has 1 N–H and O–H groups in total. The molecule has 0 spiro atoms. The molecule has 0 aliphatic rings. The van der Waals surface area contributed by atoms with Crippen LogP contribution in [0.25, 0.3) is 21.9 Å². The first-order chi connectivity index (χ1) is 13.6. The third kappa shape index (κ3) is 3.16. The van der Waals surface area contributed by atoms with Gasteiger partial charge in [0.1, 0.15) is 0 Å². The van der Waals surface area contributed by atoms with Crippen LogP contribution in [0.5, 0.6) is 0 Å². The van der Waals surface area contributed by atoms with Crippen molar-refractivity contribution in [1.82, 2.24) is 14.8 Å². The van der Waals surface area contributed by atoms with Crippen LogP contribution >= 0.6 is 0 Å². The normalized spacial score (nSPS) is 11.0. The Morgan fingerprint density at radius 3 is 2.64 bits per heavy atom. The molecule has 1 amide bonds. The Labute approximate surface area is 160 Å². The fourth-order valence-electron chi connectivity index (χ4n) is 3.07. The number of pyridine rings is 1. The molecule has 2 aromatic carbocycles. The molecule has 4 rings (SSSR count). The van der Waals surface area contributed by atoms with E-state index >= 15 is 0 Å². The molecule has 0 fully saturated rings. The van der Waals surface area contributed by atoms with Gasteiger partial charge in [-0.1, -0.05) is 25.1 Å². The minimum atomic E-state index is -0.502. The predicted molar refractivity (Wildman–Crippen MR) is 106 cm³/mol. The van der Waals surface area contributed by atoms with Crippen molar-refractivity contribution in [3.63, 3.8) is 0 Å². The van der Waals surface area contributed by atoms with Gasteiger partial charge in [0.05, 0.1) is 15.8 Å². The van der Waals surface area contributed by atoms with Crippen molar-refractivity contribution in [3.8, 4) is 0 Å². The monoisotopic (exact) mass is 375 g/mol. The average Bonchev–Trinajstić information content (AvgIpc) is 3.03. The molecule has 0 atom stereocenters. The van der Waals surface area contributed by atoms with Crippen LogP contribution in [-0.2, 0) is 6.54 Å². The predicted octanol–water partition coefficient (Wildman–Crippen LogP) is 4.16. The maximum atomic E-state index is 12.6. The number of fused-ring (bicyclic) bond motifs is 2. The molecule has 8 nitrogen and oxygen atoms in total. The minimum absolute atomic E-state index is 0.0649. The van der Waals surface area contributed by atoms with E-state index < -0.39 is 4.92 Å². The van der Waals surface area contributed by atoms with Gasteiger partial charge in [0.2, 0.25) is 0 Å². The molecule has 4 aromatic rings. The number of carbonyl (C=O) groups is 1. The number of nitrogens with zero attached hydrogens (tertiary/aromatic N) is 4. The van der Waals surface area contributed by atoms with Gasteiger partial charge < -0.3 is 5.32 Å². The summed E-state index contributed by atoms with van der Waals surface area (Å²) >= 11 is 0. The molecule has 2 heterocycles. The summed E-state index contributed by atoms with van der Waals surface area (Å²) in [7, 11) is 0. The first-order valence-electron chi connectivity index (χ1n) is 8.89. The third-order valence-electron chi connectivity index (χ3n) is 4.43. The lowest BCUT2D eigenvalue weighted by molar-refractivity contribution is -0.384. The lowest BCUT2D eigenvalue weighted by Crippen LogP contribution is -2.13. The minimum Gasteiger partial charge on any atom is -0.305 e. The molecule has 0 bridgehead atoms. The Balaban J connectivity index is 1.73. The van der Waals surface area contributed by atoms with E-state index in [0.717, 1.165) is 22.7 Å². The molecular formula is C20H17N5O3. The number of nitro benzene ring substituents is 1. The van der Waals surface area contributed by atoms with Crippen molar-refractivity contribution in [3.05, 3.63) is 70.3 Å². The smallest absolute Gasteiger partial charge is 0.269 e. The second-order valence-electron chi connectivity index (χ2n) is 6.38. The largest absolute Gasteiger partial charge is 0.305 e. The summed E-state index contributed by atoms with van der Waals surface area (Å²) in [6.07, 6.45) is 0.876. The fourth-order valence-corrected chi connectivity index (χ4v) is 3.07. The van der Waals surface area contributed by atoms with E-state index in [-0.39, 0.29) is 11.6 Å². The summed E-state index contributed by atoms with van der Waals surface area (Å²) in [6.45, 7) is 2.72. The highest BCUT2D eigenvalue weighted by molar-refractivity contribution is 6.08. The Hall–Kier alpha value is -3.81. The maximum absolute atomic E-state index is 12.6. The van der Waals surface area contributed by atoms with Crippen LogP contribution < -0.4 is 5.32 Å². The fraction of sp³-hybridized carbons (Fsp3) is 0.150. The summed E-state index contributed by atoms with van der Waals surface area (Å²) in [4.78, 5) is 27.6. The standard InChI is InChI=1S/C20H17N5O3/c1-2-11-24-19-16(12-14-5-3-4-6-17(14)21-19)18(23-24)22-20(26)13-7-9-15(10-8-13)25(27)28/h3-10,12H,2,11H2,1H3,(H,22,23,26). The van der Waals surface area contributed by atoms with Crippen LogP contribution in [0.2, 0.25) is 0 Å². The molecule has 2 aromatic heterocycles. The number of rotatable bonds is 5. The van der Waals surface area contributed by atoms with Crippen LogP contribution in [0.15, 0.2) is 54.6 Å². The maximum Gasteiger partial charge on any atom is 0.269 e.